The van der Waals surface area contributed by atoms with E-state index in [1.165, 1.54) is 35.5 Å². The number of amides is 1. The monoisotopic (exact) mass is 435 g/mol. The maximum absolute atomic E-state index is 13.2. The van der Waals surface area contributed by atoms with Crippen LogP contribution in [-0.4, -0.2) is 34.8 Å². The Labute approximate surface area is 178 Å². The van der Waals surface area contributed by atoms with Crippen LogP contribution in [0.15, 0.2) is 53.5 Å². The molecule has 1 amide bonds. The van der Waals surface area contributed by atoms with Crippen molar-refractivity contribution in [1.82, 2.24) is 4.90 Å². The summed E-state index contributed by atoms with van der Waals surface area (Å²) < 4.78 is 39.6. The minimum absolute atomic E-state index is 0.116. The molecule has 0 saturated carbocycles. The third-order valence-electron chi connectivity index (χ3n) is 4.96. The molecule has 1 saturated heterocycles. The maximum Gasteiger partial charge on any atom is 0.418 e. The van der Waals surface area contributed by atoms with E-state index >= 15 is 0 Å². The van der Waals surface area contributed by atoms with Gasteiger partial charge >= 0.3 is 6.18 Å². The lowest BCUT2D eigenvalue weighted by atomic mass is 10.0. The summed E-state index contributed by atoms with van der Waals surface area (Å²) in [6.07, 6.45) is -4.23. The van der Waals surface area contributed by atoms with Gasteiger partial charge in [0.05, 0.1) is 11.3 Å². The fourth-order valence-electron chi connectivity index (χ4n) is 3.14. The molecule has 0 radical (unpaired) electrons. The van der Waals surface area contributed by atoms with Gasteiger partial charge in [-0.25, -0.2) is 4.99 Å². The Hall–Kier alpha value is -2.48. The van der Waals surface area contributed by atoms with E-state index in [1.807, 2.05) is 24.3 Å². The molecule has 1 N–H and O–H groups in total. The first-order valence-electron chi connectivity index (χ1n) is 9.65. The van der Waals surface area contributed by atoms with E-state index in [-0.39, 0.29) is 24.1 Å². The largest absolute Gasteiger partial charge is 0.418 e. The number of para-hydroxylation sites is 1. The Kier molecular flexibility index (Phi) is 6.75. The average Bonchev–Trinajstić information content (AvgIpc) is 3.01. The Balaban J connectivity index is 1.65. The molecule has 0 bridgehead atoms. The van der Waals surface area contributed by atoms with Gasteiger partial charge in [-0.3, -0.25) is 4.79 Å². The van der Waals surface area contributed by atoms with Crippen LogP contribution in [0.1, 0.15) is 37.3 Å². The number of thioether (sulfide) groups is 1. The molecular weight excluding hydrogens is 411 g/mol. The lowest BCUT2D eigenvalue weighted by molar-refractivity contribution is -0.137. The van der Waals surface area contributed by atoms with Crippen LogP contribution in [0.3, 0.4) is 0 Å². The first-order valence-corrected chi connectivity index (χ1v) is 10.6. The SMILES string of the molecule is CC(C)c1ccc(NC(=O)CC2CSC(=Nc3ccccc3C(F)(F)F)N2C)cc1. The number of nitrogens with one attached hydrogen (secondary N) is 1. The summed E-state index contributed by atoms with van der Waals surface area (Å²) in [6.45, 7) is 4.21. The van der Waals surface area contributed by atoms with Crippen LogP contribution < -0.4 is 5.32 Å². The van der Waals surface area contributed by atoms with E-state index in [1.54, 1.807) is 11.9 Å². The molecule has 8 heteroatoms. The van der Waals surface area contributed by atoms with Crippen LogP contribution in [0.5, 0.6) is 0 Å². The molecule has 160 valence electrons. The molecule has 0 spiro atoms. The lowest BCUT2D eigenvalue weighted by Crippen LogP contribution is -2.33. The van der Waals surface area contributed by atoms with Crippen molar-refractivity contribution in [3.63, 3.8) is 0 Å². The van der Waals surface area contributed by atoms with E-state index in [0.29, 0.717) is 16.8 Å². The van der Waals surface area contributed by atoms with Gasteiger partial charge in [-0.1, -0.05) is 49.9 Å². The van der Waals surface area contributed by atoms with Crippen LogP contribution in [0.2, 0.25) is 0 Å². The molecule has 2 aromatic carbocycles. The minimum atomic E-state index is -4.47. The van der Waals surface area contributed by atoms with Gasteiger partial charge in [0.2, 0.25) is 5.91 Å². The topological polar surface area (TPSA) is 44.7 Å². The molecule has 1 atom stereocenters. The van der Waals surface area contributed by atoms with Crippen LogP contribution >= 0.6 is 11.8 Å². The quantitative estimate of drug-likeness (QED) is 0.637. The number of amidine groups is 1. The van der Waals surface area contributed by atoms with Crippen LogP contribution in [0.4, 0.5) is 24.5 Å². The summed E-state index contributed by atoms with van der Waals surface area (Å²) in [5.41, 5.74) is 1.04. The highest BCUT2D eigenvalue weighted by Gasteiger charge is 2.34. The van der Waals surface area contributed by atoms with Crippen LogP contribution in [0.25, 0.3) is 0 Å². The van der Waals surface area contributed by atoms with Crippen molar-refractivity contribution in [3.8, 4) is 0 Å². The summed E-state index contributed by atoms with van der Waals surface area (Å²) in [6, 6.07) is 12.8. The molecule has 1 aliphatic rings. The van der Waals surface area contributed by atoms with E-state index < -0.39 is 11.7 Å². The number of halogens is 3. The van der Waals surface area contributed by atoms with Crippen molar-refractivity contribution in [2.45, 2.75) is 38.4 Å². The van der Waals surface area contributed by atoms with Crippen molar-refractivity contribution >= 4 is 34.2 Å². The van der Waals surface area contributed by atoms with Crippen molar-refractivity contribution in [3.05, 3.63) is 59.7 Å². The molecule has 0 aromatic heterocycles. The molecule has 1 unspecified atom stereocenters. The summed E-state index contributed by atoms with van der Waals surface area (Å²) in [5.74, 6) is 0.865. The van der Waals surface area contributed by atoms with Crippen molar-refractivity contribution < 1.29 is 18.0 Å². The molecule has 1 heterocycles. The van der Waals surface area contributed by atoms with Crippen LogP contribution in [0, 0.1) is 0 Å². The minimum Gasteiger partial charge on any atom is -0.350 e. The van der Waals surface area contributed by atoms with Crippen molar-refractivity contribution in [1.29, 1.82) is 0 Å². The maximum atomic E-state index is 13.2. The van der Waals surface area contributed by atoms with Gasteiger partial charge in [0.25, 0.3) is 0 Å². The van der Waals surface area contributed by atoms with Crippen molar-refractivity contribution in [2.24, 2.45) is 4.99 Å². The average molecular weight is 436 g/mol. The highest BCUT2D eigenvalue weighted by atomic mass is 32.2. The number of carbonyl (C=O) groups excluding carboxylic acids is 1. The zero-order chi connectivity index (χ0) is 21.9. The fourth-order valence-corrected chi connectivity index (χ4v) is 4.34. The van der Waals surface area contributed by atoms with Gasteiger partial charge in [0.1, 0.15) is 0 Å². The second-order valence-electron chi connectivity index (χ2n) is 7.51. The summed E-state index contributed by atoms with van der Waals surface area (Å²) in [7, 11) is 1.75. The molecule has 1 fully saturated rings. The Morgan fingerprint density at radius 1 is 1.20 bits per heavy atom. The van der Waals surface area contributed by atoms with E-state index in [0.717, 1.165) is 11.8 Å². The number of hydrogen-bond donors (Lipinski definition) is 1. The number of hydrogen-bond acceptors (Lipinski definition) is 3. The lowest BCUT2D eigenvalue weighted by Gasteiger charge is -2.21. The predicted octanol–water partition coefficient (Wildman–Crippen LogP) is 5.89. The van der Waals surface area contributed by atoms with Gasteiger partial charge in [-0.15, -0.1) is 0 Å². The van der Waals surface area contributed by atoms with Gasteiger partial charge in [0, 0.05) is 31.0 Å². The number of benzene rings is 2. The first kappa shape index (κ1) is 22.2. The number of carbonyl (C=O) groups is 1. The fraction of sp³-hybridized carbons (Fsp3) is 0.364. The summed E-state index contributed by atoms with van der Waals surface area (Å²) in [5, 5.41) is 3.36. The zero-order valence-electron chi connectivity index (χ0n) is 17.0. The summed E-state index contributed by atoms with van der Waals surface area (Å²) in [4.78, 5) is 18.5. The zero-order valence-corrected chi connectivity index (χ0v) is 17.8. The second-order valence-corrected chi connectivity index (χ2v) is 8.50. The number of aliphatic imine (C=N–C) groups is 1. The van der Waals surface area contributed by atoms with Crippen molar-refractivity contribution in [2.75, 3.05) is 18.1 Å². The number of rotatable bonds is 5. The summed E-state index contributed by atoms with van der Waals surface area (Å²) >= 11 is 1.35. The highest BCUT2D eigenvalue weighted by molar-refractivity contribution is 8.14. The third-order valence-corrected chi connectivity index (χ3v) is 6.15. The van der Waals surface area contributed by atoms with Gasteiger partial charge in [-0.05, 0) is 35.7 Å². The normalized spacial score (nSPS) is 18.3. The Morgan fingerprint density at radius 3 is 2.50 bits per heavy atom. The van der Waals surface area contributed by atoms with E-state index in [9.17, 15) is 18.0 Å². The molecular formula is C22H24F3N3OS. The molecule has 0 aliphatic carbocycles. The Morgan fingerprint density at radius 2 is 1.87 bits per heavy atom. The number of alkyl halides is 3. The van der Waals surface area contributed by atoms with E-state index in [4.69, 9.17) is 0 Å². The standard InChI is InChI=1S/C22H24F3N3OS/c1-14(2)15-8-10-16(11-9-15)26-20(29)12-17-13-30-21(28(17)3)27-19-7-5-4-6-18(19)22(23,24)25/h4-11,14,17H,12-13H2,1-3H3,(H,26,29). The van der Waals surface area contributed by atoms with Gasteiger partial charge in [0.15, 0.2) is 5.17 Å². The third kappa shape index (κ3) is 5.36. The highest BCUT2D eigenvalue weighted by Crippen LogP contribution is 2.37. The number of anilines is 1. The van der Waals surface area contributed by atoms with Gasteiger partial charge in [-0.2, -0.15) is 13.2 Å². The van der Waals surface area contributed by atoms with Gasteiger partial charge < -0.3 is 10.2 Å². The molecule has 3 rings (SSSR count). The molecule has 1 aliphatic heterocycles. The molecule has 2 aromatic rings. The predicted molar refractivity (Wildman–Crippen MR) is 116 cm³/mol. The van der Waals surface area contributed by atoms with E-state index in [2.05, 4.69) is 24.2 Å². The number of nitrogens with zero attached hydrogens (tertiary/aromatic N) is 2. The molecule has 4 nitrogen and oxygen atoms in total. The van der Waals surface area contributed by atoms with Crippen LogP contribution in [-0.2, 0) is 11.0 Å². The second kappa shape index (κ2) is 9.12. The molecule has 30 heavy (non-hydrogen) atoms. The Bertz CT molecular complexity index is 926. The first-order chi connectivity index (χ1) is 14.1. The smallest absolute Gasteiger partial charge is 0.350 e.